The van der Waals surface area contributed by atoms with Gasteiger partial charge in [0, 0.05) is 36.8 Å². The molecule has 8 aromatic carbocycles. The van der Waals surface area contributed by atoms with Gasteiger partial charge < -0.3 is 48.5 Å². The molecule has 115 heavy (non-hydrogen) atoms. The second-order valence-electron chi connectivity index (χ2n) is 26.2. The standard InChI is InChI=1S/C42H41F10NO5.C40H37F10NO6/c1-28(55-2)12-8-6-4-3-5-7-9-23-56-33-20-17-29(18-21-33)27-39(31-13-10-15-34(25-31)57-41(47,48)49,32-14-11-16-35(26-32)58-42(50,51)52)53-38(54)30-19-22-37(43)36(24-30)40(44,45)46;1-54-35(52)14-6-4-2-3-5-7-21-55-30-18-15-26(16-19-30)25-37(28-10-8-12-31(23-28)56-39(45,46)47,29-11-9-13-32(24-29)57-40(48,49)50)51-36(53)27-17-20-34(41)33(22-27)38(42,43)44/h10-11,13-22,24-26H,1,3-9,12,23,27H2,2H3,(H,53,54);8-13,15-20,22-24H,2-7,14,21,25H2,1H3,(H,51,53). The lowest BCUT2D eigenvalue weighted by Gasteiger charge is -2.37. The third kappa shape index (κ3) is 29.8. The van der Waals surface area contributed by atoms with E-state index in [-0.39, 0.29) is 40.4 Å². The number of carbonyl (C=O) groups is 3. The van der Waals surface area contributed by atoms with Crippen LogP contribution in [0.15, 0.2) is 194 Å². The summed E-state index contributed by atoms with van der Waals surface area (Å²) in [5.74, 6) is -7.67. The van der Waals surface area contributed by atoms with Gasteiger partial charge >= 0.3 is 43.8 Å². The summed E-state index contributed by atoms with van der Waals surface area (Å²) in [6, 6.07) is 32.0. The molecule has 0 fully saturated rings. The number of ether oxygens (including phenoxy) is 8. The zero-order valence-corrected chi connectivity index (χ0v) is 61.5. The van der Waals surface area contributed by atoms with Gasteiger partial charge in [-0.2, -0.15) is 26.3 Å². The highest BCUT2D eigenvalue weighted by Crippen LogP contribution is 2.43. The molecule has 0 aliphatic heterocycles. The molecule has 0 spiro atoms. The first-order valence-electron chi connectivity index (χ1n) is 35.6. The van der Waals surface area contributed by atoms with Crippen LogP contribution in [0.4, 0.5) is 87.8 Å². The highest BCUT2D eigenvalue weighted by molar-refractivity contribution is 5.96. The van der Waals surface area contributed by atoms with Crippen molar-refractivity contribution in [3.8, 4) is 34.5 Å². The molecule has 0 saturated carbocycles. The number of carbonyl (C=O) groups excluding carboxylic acids is 3. The molecule has 0 aromatic heterocycles. The number of halogens is 20. The summed E-state index contributed by atoms with van der Waals surface area (Å²) < 4.78 is 308. The van der Waals surface area contributed by atoms with Gasteiger partial charge in [0.15, 0.2) is 0 Å². The third-order valence-electron chi connectivity index (χ3n) is 17.7. The van der Waals surface area contributed by atoms with Crippen molar-refractivity contribution in [1.82, 2.24) is 10.6 Å². The monoisotopic (exact) mass is 1650 g/mol. The number of benzene rings is 8. The highest BCUT2D eigenvalue weighted by atomic mass is 19.4. The number of unbranched alkanes of at least 4 members (excludes halogenated alkanes) is 11. The van der Waals surface area contributed by atoms with Crippen molar-refractivity contribution >= 4 is 17.8 Å². The summed E-state index contributed by atoms with van der Waals surface area (Å²) in [4.78, 5) is 39.0. The maximum atomic E-state index is 14.2. The number of methoxy groups -OCH3 is 2. The van der Waals surface area contributed by atoms with Crippen LogP contribution in [0.25, 0.3) is 0 Å². The molecular weight excluding hydrogens is 1570 g/mol. The molecule has 0 aliphatic rings. The maximum Gasteiger partial charge on any atom is 0.573 e. The maximum absolute atomic E-state index is 14.2. The second kappa shape index (κ2) is 40.9. The van der Waals surface area contributed by atoms with Crippen LogP contribution in [0.3, 0.4) is 0 Å². The summed E-state index contributed by atoms with van der Waals surface area (Å²) in [5.41, 5.74) is -9.28. The molecule has 622 valence electrons. The molecule has 8 aromatic rings. The lowest BCUT2D eigenvalue weighted by molar-refractivity contribution is -0.275. The van der Waals surface area contributed by atoms with Crippen LogP contribution in [-0.4, -0.2) is 70.7 Å². The lowest BCUT2D eigenvalue weighted by atomic mass is 9.77. The van der Waals surface area contributed by atoms with E-state index in [0.29, 0.717) is 60.8 Å². The van der Waals surface area contributed by atoms with Gasteiger partial charge in [0.25, 0.3) is 11.8 Å². The summed E-state index contributed by atoms with van der Waals surface area (Å²) in [7, 11) is 2.93. The fraction of sp³-hybridized carbons (Fsp3) is 0.354. The number of esters is 1. The minimum atomic E-state index is -5.22. The summed E-state index contributed by atoms with van der Waals surface area (Å²) in [6.45, 7) is 4.54. The van der Waals surface area contributed by atoms with Gasteiger partial charge in [-0.15, -0.1) is 52.7 Å². The minimum Gasteiger partial charge on any atom is -0.502 e. The molecule has 0 bridgehead atoms. The van der Waals surface area contributed by atoms with Crippen molar-refractivity contribution in [2.45, 2.75) is 158 Å². The van der Waals surface area contributed by atoms with Crippen LogP contribution in [0, 0.1) is 11.6 Å². The number of hydrogen-bond acceptors (Lipinski definition) is 11. The van der Waals surface area contributed by atoms with Gasteiger partial charge in [0.05, 0.1) is 55.4 Å². The zero-order chi connectivity index (χ0) is 84.4. The van der Waals surface area contributed by atoms with Crippen LogP contribution in [0.2, 0.25) is 0 Å². The quantitative estimate of drug-likeness (QED) is 0.0165. The molecule has 0 heterocycles. The Morgan fingerprint density at radius 1 is 0.339 bits per heavy atom. The number of amides is 2. The Hall–Kier alpha value is -10.9. The summed E-state index contributed by atoms with van der Waals surface area (Å²) in [6.07, 6.45) is -18.8. The van der Waals surface area contributed by atoms with Crippen LogP contribution >= 0.6 is 0 Å². The van der Waals surface area contributed by atoms with Crippen molar-refractivity contribution in [2.24, 2.45) is 0 Å². The van der Waals surface area contributed by atoms with E-state index in [0.717, 1.165) is 174 Å². The Balaban J connectivity index is 0.000000318. The molecule has 0 saturated heterocycles. The molecule has 2 N–H and O–H groups in total. The Labute approximate surface area is 647 Å². The number of hydrogen-bond donors (Lipinski definition) is 2. The Morgan fingerprint density at radius 3 is 0.922 bits per heavy atom. The van der Waals surface area contributed by atoms with E-state index in [4.69, 9.17) is 14.2 Å². The van der Waals surface area contributed by atoms with Gasteiger partial charge in [-0.1, -0.05) is 137 Å². The lowest BCUT2D eigenvalue weighted by Crippen LogP contribution is -2.48. The average Bonchev–Trinajstić information content (AvgIpc) is 0.759. The molecular formula is C82H78F20N2O11. The Bertz CT molecular complexity index is 4350. The molecule has 0 radical (unpaired) electrons. The van der Waals surface area contributed by atoms with E-state index in [9.17, 15) is 102 Å². The largest absolute Gasteiger partial charge is 0.573 e. The van der Waals surface area contributed by atoms with Crippen LogP contribution in [0.5, 0.6) is 34.5 Å². The fourth-order valence-corrected chi connectivity index (χ4v) is 12.2. The Morgan fingerprint density at radius 2 is 0.635 bits per heavy atom. The molecule has 0 atom stereocenters. The second-order valence-corrected chi connectivity index (χ2v) is 26.2. The van der Waals surface area contributed by atoms with Crippen LogP contribution in [0.1, 0.15) is 162 Å². The predicted octanol–water partition coefficient (Wildman–Crippen LogP) is 23.1. The molecule has 2 amide bonds. The number of alkyl halides is 18. The predicted molar refractivity (Wildman–Crippen MR) is 380 cm³/mol. The fourth-order valence-electron chi connectivity index (χ4n) is 12.2. The first-order valence-corrected chi connectivity index (χ1v) is 35.6. The van der Waals surface area contributed by atoms with Crippen molar-refractivity contribution in [3.05, 3.63) is 262 Å². The van der Waals surface area contributed by atoms with E-state index in [1.807, 2.05) is 0 Å². The van der Waals surface area contributed by atoms with Gasteiger partial charge in [0.2, 0.25) is 0 Å². The van der Waals surface area contributed by atoms with Crippen LogP contribution in [-0.2, 0) is 50.5 Å². The van der Waals surface area contributed by atoms with Crippen molar-refractivity contribution in [2.75, 3.05) is 27.4 Å². The van der Waals surface area contributed by atoms with Gasteiger partial charge in [0.1, 0.15) is 46.1 Å². The smallest absolute Gasteiger partial charge is 0.502 e. The number of allylic oxidation sites excluding steroid dienone is 1. The van der Waals surface area contributed by atoms with Crippen molar-refractivity contribution < 1.29 is 140 Å². The SMILES string of the molecule is C=C(CCCCCCCCCOc1ccc(CC(NC(=O)c2ccc(F)c(C(F)(F)F)c2)(c2cccc(OC(F)(F)F)c2)c2cccc(OC(F)(F)F)c2)cc1)OC.COC(=O)CCCCCCCCOc1ccc(CC(NC(=O)c2ccc(F)c(C(F)(F)F)c2)(c2cccc(OC(F)(F)F)c2)c2cccc(OC(F)(F)F)c2)cc1. The first kappa shape index (κ1) is 91.3. The number of rotatable bonds is 38. The number of nitrogens with one attached hydrogen (secondary N) is 2. The third-order valence-corrected chi connectivity index (χ3v) is 17.7. The van der Waals surface area contributed by atoms with E-state index < -0.39 is 130 Å². The Kier molecular flexibility index (Phi) is 32.5. The average molecular weight is 1650 g/mol. The van der Waals surface area contributed by atoms with E-state index >= 15 is 0 Å². The van der Waals surface area contributed by atoms with Gasteiger partial charge in [-0.3, -0.25) is 14.4 Å². The van der Waals surface area contributed by atoms with Crippen molar-refractivity contribution in [1.29, 1.82) is 0 Å². The minimum absolute atomic E-state index is 0.175. The van der Waals surface area contributed by atoms with E-state index in [1.54, 1.807) is 43.5 Å². The molecule has 0 aliphatic carbocycles. The normalized spacial score (nSPS) is 12.2. The molecule has 0 unspecified atom stereocenters. The summed E-state index contributed by atoms with van der Waals surface area (Å²) >= 11 is 0. The zero-order valence-electron chi connectivity index (χ0n) is 61.5. The van der Waals surface area contributed by atoms with E-state index in [2.05, 4.69) is 40.9 Å². The van der Waals surface area contributed by atoms with Gasteiger partial charge in [-0.25, -0.2) is 8.78 Å². The summed E-state index contributed by atoms with van der Waals surface area (Å²) in [5, 5.41) is 5.09. The van der Waals surface area contributed by atoms with Crippen LogP contribution < -0.4 is 39.1 Å². The molecule has 8 rings (SSSR count). The topological polar surface area (TPSA) is 149 Å². The van der Waals surface area contributed by atoms with E-state index in [1.165, 1.54) is 43.5 Å². The molecule has 33 heteroatoms. The van der Waals surface area contributed by atoms with Crippen molar-refractivity contribution in [3.63, 3.8) is 0 Å². The molecule has 13 nitrogen and oxygen atoms in total. The first-order chi connectivity index (χ1) is 54.1. The van der Waals surface area contributed by atoms with Gasteiger partial charge in [-0.05, 0) is 168 Å². The highest BCUT2D eigenvalue weighted by Gasteiger charge is 2.44.